The minimum absolute atomic E-state index is 0.162. The molecule has 5 aromatic rings. The van der Waals surface area contributed by atoms with E-state index in [1.807, 2.05) is 0 Å². The van der Waals surface area contributed by atoms with Crippen LogP contribution in [0.3, 0.4) is 0 Å². The summed E-state index contributed by atoms with van der Waals surface area (Å²) >= 11 is 0. The van der Waals surface area contributed by atoms with Gasteiger partial charge in [0.05, 0.1) is 23.0 Å². The minimum atomic E-state index is -4.76. The van der Waals surface area contributed by atoms with Crippen molar-refractivity contribution in [2.45, 2.75) is 12.6 Å². The van der Waals surface area contributed by atoms with Gasteiger partial charge in [0.1, 0.15) is 23.1 Å². The van der Waals surface area contributed by atoms with E-state index in [1.165, 1.54) is 4.68 Å². The molecule has 3 heterocycles. The highest BCUT2D eigenvalue weighted by atomic mass is 19.4. The highest BCUT2D eigenvalue weighted by molar-refractivity contribution is 5.86. The van der Waals surface area contributed by atoms with Crippen LogP contribution in [0.1, 0.15) is 17.0 Å². The first kappa shape index (κ1) is 24.1. The van der Waals surface area contributed by atoms with Crippen LogP contribution in [0.4, 0.5) is 38.0 Å². The lowest BCUT2D eigenvalue weighted by Gasteiger charge is -2.13. The van der Waals surface area contributed by atoms with E-state index in [-0.39, 0.29) is 28.8 Å². The number of hydrogen-bond acceptors (Lipinski definition) is 6. The van der Waals surface area contributed by atoms with Crippen molar-refractivity contribution in [1.29, 1.82) is 0 Å². The van der Waals surface area contributed by atoms with Crippen LogP contribution in [-0.2, 0) is 19.6 Å². The summed E-state index contributed by atoms with van der Waals surface area (Å²) in [6, 6.07) is 8.03. The Kier molecular flexibility index (Phi) is 5.53. The Morgan fingerprint density at radius 1 is 0.919 bits per heavy atom. The third-order valence-corrected chi connectivity index (χ3v) is 5.77. The Hall–Kier alpha value is -4.62. The number of aryl methyl sites for hydroxylation is 1. The number of nitrogen functional groups attached to an aromatic ring is 2. The number of para-hydroxylation sites is 1. The minimum Gasteiger partial charge on any atom is -0.383 e. The van der Waals surface area contributed by atoms with E-state index in [0.717, 1.165) is 19.3 Å². The molecule has 0 unspecified atom stereocenters. The summed E-state index contributed by atoms with van der Waals surface area (Å²) in [6.45, 7) is 0. The molecular formula is C23H16F6N8. The Labute approximate surface area is 204 Å². The number of rotatable bonds is 4. The van der Waals surface area contributed by atoms with Gasteiger partial charge in [0.25, 0.3) is 5.95 Å². The molecule has 3 aromatic heterocycles. The van der Waals surface area contributed by atoms with Gasteiger partial charge in [-0.1, -0.05) is 18.2 Å². The fourth-order valence-electron chi connectivity index (χ4n) is 4.12. The van der Waals surface area contributed by atoms with Gasteiger partial charge in [-0.05, 0) is 18.2 Å². The summed E-state index contributed by atoms with van der Waals surface area (Å²) in [5.41, 5.74) is 10.3. The second-order valence-electron chi connectivity index (χ2n) is 8.07. The molecule has 8 nitrogen and oxygen atoms in total. The van der Waals surface area contributed by atoms with E-state index < -0.39 is 46.9 Å². The Morgan fingerprint density at radius 3 is 2.24 bits per heavy atom. The second kappa shape index (κ2) is 8.50. The molecular weight excluding hydrogens is 502 g/mol. The quantitative estimate of drug-likeness (QED) is 0.269. The van der Waals surface area contributed by atoms with Crippen molar-refractivity contribution >= 4 is 22.5 Å². The average molecular weight is 518 g/mol. The predicted octanol–water partition coefficient (Wildman–Crippen LogP) is 4.41. The molecule has 190 valence electrons. The molecule has 4 N–H and O–H groups in total. The van der Waals surface area contributed by atoms with Gasteiger partial charge in [0.2, 0.25) is 0 Å². The molecule has 0 fully saturated rings. The number of halogens is 6. The zero-order valence-electron chi connectivity index (χ0n) is 18.9. The number of anilines is 2. The second-order valence-corrected chi connectivity index (χ2v) is 8.07. The van der Waals surface area contributed by atoms with Crippen LogP contribution in [-0.4, -0.2) is 29.5 Å². The summed E-state index contributed by atoms with van der Waals surface area (Å²) < 4.78 is 85.0. The lowest BCUT2D eigenvalue weighted by molar-refractivity contribution is -0.143. The molecule has 0 aliphatic carbocycles. The smallest absolute Gasteiger partial charge is 0.383 e. The van der Waals surface area contributed by atoms with Gasteiger partial charge in [-0.15, -0.1) is 0 Å². The molecule has 14 heteroatoms. The third-order valence-electron chi connectivity index (χ3n) is 5.77. The maximum Gasteiger partial charge on any atom is 0.433 e. The monoisotopic (exact) mass is 518 g/mol. The largest absolute Gasteiger partial charge is 0.433 e. The van der Waals surface area contributed by atoms with Crippen LogP contribution in [0.5, 0.6) is 0 Å². The maximum atomic E-state index is 14.3. The number of nitrogens with two attached hydrogens (primary N) is 2. The summed E-state index contributed by atoms with van der Waals surface area (Å²) in [5.74, 6) is -4.45. The van der Waals surface area contributed by atoms with Gasteiger partial charge in [-0.25, -0.2) is 13.2 Å². The molecule has 0 spiro atoms. The van der Waals surface area contributed by atoms with E-state index >= 15 is 0 Å². The molecule has 0 amide bonds. The summed E-state index contributed by atoms with van der Waals surface area (Å²) in [7, 11) is 1.12. The first-order valence-corrected chi connectivity index (χ1v) is 10.6. The van der Waals surface area contributed by atoms with E-state index in [0.29, 0.717) is 21.7 Å². The molecule has 0 saturated carbocycles. The van der Waals surface area contributed by atoms with Crippen molar-refractivity contribution < 1.29 is 26.3 Å². The number of aromatic nitrogens is 6. The van der Waals surface area contributed by atoms with Gasteiger partial charge < -0.3 is 11.5 Å². The standard InChI is InChI=1S/C23H16F6N8/c1-36-19(23(27,28)29)12(9-32-36)17-20(30)33-22(34-21(17)31)37-16-5-3-2-4-10(16)15(35-37)8-11-13(24)6-7-14(25)18(11)26/h2-7,9H,8H2,1H3,(H4,30,31,33,34). The highest BCUT2D eigenvalue weighted by Crippen LogP contribution is 2.40. The lowest BCUT2D eigenvalue weighted by Crippen LogP contribution is -2.15. The van der Waals surface area contributed by atoms with E-state index in [2.05, 4.69) is 20.2 Å². The molecule has 0 bridgehead atoms. The molecule has 0 saturated heterocycles. The average Bonchev–Trinajstić information content (AvgIpc) is 3.39. The molecule has 0 aliphatic rings. The summed E-state index contributed by atoms with van der Waals surface area (Å²) in [4.78, 5) is 8.21. The van der Waals surface area contributed by atoms with Crippen molar-refractivity contribution in [3.05, 3.63) is 77.0 Å². The predicted molar refractivity (Wildman–Crippen MR) is 122 cm³/mol. The highest BCUT2D eigenvalue weighted by Gasteiger charge is 2.39. The zero-order valence-corrected chi connectivity index (χ0v) is 18.9. The number of fused-ring (bicyclic) bond motifs is 1. The fraction of sp³-hybridized carbons (Fsp3) is 0.130. The number of benzene rings is 2. The topological polar surface area (TPSA) is 113 Å². The first-order valence-electron chi connectivity index (χ1n) is 10.6. The van der Waals surface area contributed by atoms with Gasteiger partial charge >= 0.3 is 6.18 Å². The van der Waals surface area contributed by atoms with Crippen molar-refractivity contribution in [2.24, 2.45) is 7.05 Å². The van der Waals surface area contributed by atoms with Gasteiger partial charge in [-0.3, -0.25) is 4.68 Å². The third kappa shape index (κ3) is 3.99. The van der Waals surface area contributed by atoms with Crippen molar-refractivity contribution in [1.82, 2.24) is 29.5 Å². The van der Waals surface area contributed by atoms with Crippen molar-refractivity contribution in [3.63, 3.8) is 0 Å². The molecule has 0 radical (unpaired) electrons. The van der Waals surface area contributed by atoms with Gasteiger partial charge in [-0.2, -0.15) is 38.0 Å². The van der Waals surface area contributed by atoms with Crippen LogP contribution < -0.4 is 11.5 Å². The molecule has 0 aliphatic heterocycles. The van der Waals surface area contributed by atoms with Gasteiger partial charge in [0, 0.05) is 30.0 Å². The number of hydrogen-bond donors (Lipinski definition) is 2. The molecule has 37 heavy (non-hydrogen) atoms. The maximum absolute atomic E-state index is 14.3. The van der Waals surface area contributed by atoms with Crippen LogP contribution >= 0.6 is 0 Å². The summed E-state index contributed by atoms with van der Waals surface area (Å²) in [6.07, 6.45) is -4.21. The van der Waals surface area contributed by atoms with E-state index in [1.54, 1.807) is 24.3 Å². The van der Waals surface area contributed by atoms with Crippen LogP contribution in [0.15, 0.2) is 42.6 Å². The first-order chi connectivity index (χ1) is 17.5. The van der Waals surface area contributed by atoms with Crippen molar-refractivity contribution in [2.75, 3.05) is 11.5 Å². The van der Waals surface area contributed by atoms with E-state index in [4.69, 9.17) is 11.5 Å². The van der Waals surface area contributed by atoms with E-state index in [9.17, 15) is 26.3 Å². The SMILES string of the molecule is Cn1ncc(-c2c(N)nc(-n3nc(Cc4c(F)ccc(F)c4F)c4ccccc43)nc2N)c1C(F)(F)F. The van der Waals surface area contributed by atoms with Crippen LogP contribution in [0.25, 0.3) is 28.0 Å². The normalized spacial score (nSPS) is 12.0. The number of alkyl halides is 3. The zero-order chi connectivity index (χ0) is 26.6. The Bertz CT molecular complexity index is 1650. The molecule has 2 aromatic carbocycles. The lowest BCUT2D eigenvalue weighted by atomic mass is 10.1. The summed E-state index contributed by atoms with van der Waals surface area (Å²) in [5, 5.41) is 8.44. The molecule has 0 atom stereocenters. The number of nitrogens with zero attached hydrogens (tertiary/aromatic N) is 6. The van der Waals surface area contributed by atoms with Crippen molar-refractivity contribution in [3.8, 4) is 17.1 Å². The Morgan fingerprint density at radius 2 is 1.57 bits per heavy atom. The fourth-order valence-corrected chi connectivity index (χ4v) is 4.12. The Balaban J connectivity index is 1.65. The van der Waals surface area contributed by atoms with Crippen LogP contribution in [0.2, 0.25) is 0 Å². The van der Waals surface area contributed by atoms with Gasteiger partial charge in [0.15, 0.2) is 11.6 Å². The molecule has 5 rings (SSSR count). The van der Waals surface area contributed by atoms with Crippen LogP contribution in [0, 0.1) is 17.5 Å².